The molecule has 0 bridgehead atoms. The fourth-order valence-corrected chi connectivity index (χ4v) is 2.40. The van der Waals surface area contributed by atoms with Crippen molar-refractivity contribution in [3.63, 3.8) is 0 Å². The first kappa shape index (κ1) is 22.7. The van der Waals surface area contributed by atoms with Crippen molar-refractivity contribution in [3.05, 3.63) is 63.7 Å². The molecule has 0 heterocycles. The molecule has 0 amide bonds. The molecule has 0 spiro atoms. The molecule has 0 aromatic heterocycles. The maximum atomic E-state index is 12.8. The predicted molar refractivity (Wildman–Crippen MR) is 99.5 cm³/mol. The van der Waals surface area contributed by atoms with Gasteiger partial charge in [0.05, 0.1) is 17.6 Å². The Morgan fingerprint density at radius 2 is 1.80 bits per heavy atom. The highest BCUT2D eigenvalue weighted by molar-refractivity contribution is 5.98. The monoisotopic (exact) mass is 426 g/mol. The second-order valence-electron chi connectivity index (χ2n) is 6.11. The van der Waals surface area contributed by atoms with Gasteiger partial charge >= 0.3 is 12.1 Å². The molecule has 0 aliphatic rings. The van der Waals surface area contributed by atoms with Crippen LogP contribution in [0.5, 0.6) is 5.75 Å². The summed E-state index contributed by atoms with van der Waals surface area (Å²) in [6, 6.07) is 6.81. The minimum atomic E-state index is -4.75. The van der Waals surface area contributed by atoms with Crippen molar-refractivity contribution in [2.24, 2.45) is 0 Å². The van der Waals surface area contributed by atoms with E-state index in [4.69, 9.17) is 9.47 Å². The molecule has 160 valence electrons. The number of Topliss-reactive ketones (excluding diaryl/α,β-unsaturated/α-hetero) is 1. The number of carbonyl (C=O) groups excluding carboxylic acids is 2. The lowest BCUT2D eigenvalue weighted by Crippen LogP contribution is -2.30. The first-order valence-corrected chi connectivity index (χ1v) is 8.49. The summed E-state index contributed by atoms with van der Waals surface area (Å²) in [6.45, 7) is 0.716. The smallest absolute Gasteiger partial charge is 0.416 e. The molecule has 30 heavy (non-hydrogen) atoms. The van der Waals surface area contributed by atoms with Crippen LogP contribution in [-0.2, 0) is 15.7 Å². The number of nitro groups is 1. The molecule has 1 atom stereocenters. The Morgan fingerprint density at radius 3 is 2.33 bits per heavy atom. The number of anilines is 1. The van der Waals surface area contributed by atoms with Crippen LogP contribution < -0.4 is 10.1 Å². The molecular weight excluding hydrogens is 409 g/mol. The highest BCUT2D eigenvalue weighted by atomic mass is 19.4. The molecule has 0 fully saturated rings. The number of carbonyl (C=O) groups is 2. The summed E-state index contributed by atoms with van der Waals surface area (Å²) in [5.74, 6) is -0.857. The molecule has 11 heteroatoms. The topological polar surface area (TPSA) is 108 Å². The largest absolute Gasteiger partial charge is 0.497 e. The van der Waals surface area contributed by atoms with E-state index in [1.54, 1.807) is 12.1 Å². The highest BCUT2D eigenvalue weighted by Crippen LogP contribution is 2.35. The Bertz CT molecular complexity index is 944. The number of nitrogens with zero attached hydrogens (tertiary/aromatic N) is 1. The number of hydrogen-bond acceptors (Lipinski definition) is 7. The average molecular weight is 426 g/mol. The van der Waals surface area contributed by atoms with Crippen molar-refractivity contribution in [2.45, 2.75) is 19.1 Å². The summed E-state index contributed by atoms with van der Waals surface area (Å²) in [4.78, 5) is 34.3. The van der Waals surface area contributed by atoms with Gasteiger partial charge in [-0.1, -0.05) is 0 Å². The van der Waals surface area contributed by atoms with Gasteiger partial charge in [-0.25, -0.2) is 4.79 Å². The second-order valence-corrected chi connectivity index (χ2v) is 6.11. The van der Waals surface area contributed by atoms with Gasteiger partial charge in [0.15, 0.2) is 12.4 Å². The van der Waals surface area contributed by atoms with E-state index in [1.165, 1.54) is 26.2 Å². The zero-order valence-corrected chi connectivity index (χ0v) is 15.9. The molecule has 2 rings (SSSR count). The molecule has 2 aromatic rings. The first-order valence-electron chi connectivity index (χ1n) is 8.49. The van der Waals surface area contributed by atoms with Gasteiger partial charge in [-0.2, -0.15) is 13.2 Å². The van der Waals surface area contributed by atoms with E-state index in [9.17, 15) is 32.9 Å². The van der Waals surface area contributed by atoms with Gasteiger partial charge in [-0.05, 0) is 43.3 Å². The van der Waals surface area contributed by atoms with E-state index >= 15 is 0 Å². The number of benzene rings is 2. The zero-order valence-electron chi connectivity index (χ0n) is 15.9. The third-order valence-electron chi connectivity index (χ3n) is 4.00. The number of rotatable bonds is 8. The van der Waals surface area contributed by atoms with E-state index in [0.29, 0.717) is 17.9 Å². The van der Waals surface area contributed by atoms with Gasteiger partial charge < -0.3 is 14.8 Å². The third-order valence-corrected chi connectivity index (χ3v) is 4.00. The molecule has 0 saturated heterocycles. The number of hydrogen-bond donors (Lipinski definition) is 1. The Balaban J connectivity index is 2.02. The lowest BCUT2D eigenvalue weighted by Gasteiger charge is -2.15. The number of esters is 1. The maximum Gasteiger partial charge on any atom is 0.416 e. The van der Waals surface area contributed by atoms with E-state index in [2.05, 4.69) is 5.32 Å². The molecule has 0 saturated carbocycles. The van der Waals surface area contributed by atoms with Gasteiger partial charge in [0.25, 0.3) is 5.69 Å². The van der Waals surface area contributed by atoms with Gasteiger partial charge in [0.1, 0.15) is 17.5 Å². The molecular formula is C19H17F3N2O6. The summed E-state index contributed by atoms with van der Waals surface area (Å²) in [7, 11) is 1.47. The van der Waals surface area contributed by atoms with Crippen molar-refractivity contribution in [1.82, 2.24) is 0 Å². The summed E-state index contributed by atoms with van der Waals surface area (Å²) in [5, 5.41) is 13.5. The number of ketones is 1. The van der Waals surface area contributed by atoms with Gasteiger partial charge in [-0.15, -0.1) is 0 Å². The number of ether oxygens (including phenoxy) is 2. The van der Waals surface area contributed by atoms with Crippen LogP contribution in [0.4, 0.5) is 24.5 Å². The standard InChI is InChI=1S/C19H17F3N2O6/c1-11(18(26)30-10-17(25)12-3-6-14(29-2)7-4-12)23-15-8-5-13(19(20,21)22)9-16(15)24(27)28/h3-9,11,23H,10H2,1-2H3/t11-/m0/s1. The zero-order chi connectivity index (χ0) is 22.5. The summed E-state index contributed by atoms with van der Waals surface area (Å²) in [5.41, 5.74) is -2.06. The van der Waals surface area contributed by atoms with Crippen LogP contribution in [0.3, 0.4) is 0 Å². The van der Waals surface area contributed by atoms with Crippen LogP contribution in [0, 0.1) is 10.1 Å². The van der Waals surface area contributed by atoms with Crippen LogP contribution in [0.1, 0.15) is 22.8 Å². The van der Waals surface area contributed by atoms with Crippen LogP contribution >= 0.6 is 0 Å². The third kappa shape index (κ3) is 5.69. The predicted octanol–water partition coefficient (Wildman–Crippen LogP) is 3.85. The number of nitro benzene ring substituents is 1. The lowest BCUT2D eigenvalue weighted by atomic mass is 10.1. The van der Waals surface area contributed by atoms with Crippen LogP contribution in [0.15, 0.2) is 42.5 Å². The Hall–Kier alpha value is -3.63. The lowest BCUT2D eigenvalue weighted by molar-refractivity contribution is -0.384. The van der Waals surface area contributed by atoms with Crippen LogP contribution in [0.2, 0.25) is 0 Å². The van der Waals surface area contributed by atoms with Crippen molar-refractivity contribution in [1.29, 1.82) is 0 Å². The summed E-state index contributed by atoms with van der Waals surface area (Å²) < 4.78 is 48.1. The number of halogens is 3. The van der Waals surface area contributed by atoms with Crippen LogP contribution in [0.25, 0.3) is 0 Å². The Kier molecular flexibility index (Phi) is 6.98. The molecule has 0 radical (unpaired) electrons. The first-order chi connectivity index (χ1) is 14.0. The van der Waals surface area contributed by atoms with Crippen molar-refractivity contribution in [3.8, 4) is 5.75 Å². The maximum absolute atomic E-state index is 12.8. The quantitative estimate of drug-likeness (QED) is 0.296. The Morgan fingerprint density at radius 1 is 1.17 bits per heavy atom. The summed E-state index contributed by atoms with van der Waals surface area (Å²) in [6.07, 6.45) is -4.75. The molecule has 2 aromatic carbocycles. The van der Waals surface area contributed by atoms with Gasteiger partial charge in [0, 0.05) is 11.6 Å². The average Bonchev–Trinajstić information content (AvgIpc) is 2.70. The van der Waals surface area contributed by atoms with Crippen molar-refractivity contribution >= 4 is 23.1 Å². The Labute approximate surface area is 168 Å². The normalized spacial score (nSPS) is 12.0. The fraction of sp³-hybridized carbons (Fsp3) is 0.263. The second kappa shape index (κ2) is 9.25. The van der Waals surface area contributed by atoms with Crippen LogP contribution in [-0.4, -0.2) is 36.4 Å². The molecule has 0 aliphatic heterocycles. The number of alkyl halides is 3. The highest BCUT2D eigenvalue weighted by Gasteiger charge is 2.33. The van der Waals surface area contributed by atoms with E-state index in [0.717, 1.165) is 6.07 Å². The van der Waals surface area contributed by atoms with Crippen molar-refractivity contribution in [2.75, 3.05) is 19.0 Å². The molecule has 0 aliphatic carbocycles. The van der Waals surface area contributed by atoms with E-state index < -0.39 is 46.8 Å². The molecule has 8 nitrogen and oxygen atoms in total. The van der Waals surface area contributed by atoms with E-state index in [-0.39, 0.29) is 11.3 Å². The minimum Gasteiger partial charge on any atom is -0.497 e. The number of nitrogens with one attached hydrogen (secondary N) is 1. The molecule has 0 unspecified atom stereocenters. The summed E-state index contributed by atoms with van der Waals surface area (Å²) >= 11 is 0. The van der Waals surface area contributed by atoms with E-state index in [1.807, 2.05) is 0 Å². The SMILES string of the molecule is COc1ccc(C(=O)COC(=O)[C@H](C)Nc2ccc(C(F)(F)F)cc2[N+](=O)[O-])cc1. The minimum absolute atomic E-state index is 0.280. The van der Waals surface area contributed by atoms with Crippen molar-refractivity contribution < 1.29 is 37.2 Å². The van der Waals surface area contributed by atoms with Gasteiger partial charge in [0.2, 0.25) is 0 Å². The number of methoxy groups -OCH3 is 1. The van der Waals surface area contributed by atoms with Gasteiger partial charge in [-0.3, -0.25) is 14.9 Å². The fourth-order valence-electron chi connectivity index (χ4n) is 2.40. The molecule has 1 N–H and O–H groups in total.